The molecule has 0 radical (unpaired) electrons. The first-order valence-corrected chi connectivity index (χ1v) is 12.0. The van der Waals surface area contributed by atoms with Crippen LogP contribution in [-0.2, 0) is 0 Å². The zero-order valence-corrected chi connectivity index (χ0v) is 19.6. The molecule has 8 nitrogen and oxygen atoms in total. The summed E-state index contributed by atoms with van der Waals surface area (Å²) in [6.07, 6.45) is 12.9. The Morgan fingerprint density at radius 1 is 1.18 bits per heavy atom. The minimum Gasteiger partial charge on any atom is -0.507 e. The number of hydrogen-bond acceptors (Lipinski definition) is 8. The molecule has 0 spiro atoms. The Bertz CT molecular complexity index is 1110. The van der Waals surface area contributed by atoms with Crippen molar-refractivity contribution < 1.29 is 9.84 Å². The quantitative estimate of drug-likeness (QED) is 0.467. The minimum atomic E-state index is 0.0608. The molecule has 34 heavy (non-hydrogen) atoms. The van der Waals surface area contributed by atoms with Crippen LogP contribution in [-0.4, -0.2) is 51.6 Å². The van der Waals surface area contributed by atoms with Gasteiger partial charge in [0.25, 0.3) is 0 Å². The first kappa shape index (κ1) is 22.3. The highest BCUT2D eigenvalue weighted by atomic mass is 16.5. The van der Waals surface area contributed by atoms with Crippen LogP contribution in [0.25, 0.3) is 5.57 Å². The monoisotopic (exact) mass is 460 g/mol. The fourth-order valence-electron chi connectivity index (χ4n) is 5.16. The Labute approximate surface area is 200 Å². The number of fused-ring (bicyclic) bond motifs is 2. The normalized spacial score (nSPS) is 23.1. The van der Waals surface area contributed by atoms with Crippen molar-refractivity contribution in [1.82, 2.24) is 15.2 Å². The van der Waals surface area contributed by atoms with Crippen LogP contribution in [0.1, 0.15) is 44.7 Å². The molecule has 3 fully saturated rings. The number of anilines is 3. The van der Waals surface area contributed by atoms with Crippen LogP contribution in [0.4, 0.5) is 17.2 Å². The fourth-order valence-corrected chi connectivity index (χ4v) is 5.16. The van der Waals surface area contributed by atoms with Gasteiger partial charge in [0, 0.05) is 48.7 Å². The number of nitrogen functional groups attached to an aromatic ring is 1. The SMILES string of the molecule is C=C/C(O)=C(\C=C/C)c1cc(N2CC3CCC(C2)N3c2ccnc(OC3CCC3)c2)c(N)nn1. The molecule has 2 aromatic heterocycles. The van der Waals surface area contributed by atoms with Gasteiger partial charge in [-0.25, -0.2) is 4.98 Å². The smallest absolute Gasteiger partial charge is 0.215 e. The average Bonchev–Trinajstić information content (AvgIpc) is 3.09. The number of allylic oxidation sites excluding steroid dienone is 4. The number of ether oxygens (including phenoxy) is 1. The van der Waals surface area contributed by atoms with Gasteiger partial charge in [-0.15, -0.1) is 10.2 Å². The van der Waals surface area contributed by atoms with Crippen molar-refractivity contribution in [1.29, 1.82) is 0 Å². The second-order valence-corrected chi connectivity index (χ2v) is 9.22. The topological polar surface area (TPSA) is 101 Å². The van der Waals surface area contributed by atoms with Crippen molar-refractivity contribution in [3.63, 3.8) is 0 Å². The number of pyridine rings is 1. The Kier molecular flexibility index (Phi) is 6.13. The third-order valence-electron chi connectivity index (χ3n) is 7.06. The highest BCUT2D eigenvalue weighted by Gasteiger charge is 2.41. The third-order valence-corrected chi connectivity index (χ3v) is 7.06. The zero-order chi connectivity index (χ0) is 23.7. The van der Waals surface area contributed by atoms with E-state index in [-0.39, 0.29) is 5.76 Å². The molecule has 0 aromatic carbocycles. The van der Waals surface area contributed by atoms with Gasteiger partial charge in [-0.2, -0.15) is 0 Å². The second kappa shape index (κ2) is 9.37. The van der Waals surface area contributed by atoms with Gasteiger partial charge < -0.3 is 25.4 Å². The highest BCUT2D eigenvalue weighted by molar-refractivity contribution is 5.78. The molecule has 2 bridgehead atoms. The molecule has 5 rings (SSSR count). The van der Waals surface area contributed by atoms with Crippen molar-refractivity contribution in [2.75, 3.05) is 28.6 Å². The fraction of sp³-hybridized carbons (Fsp3) is 0.423. The summed E-state index contributed by atoms with van der Waals surface area (Å²) in [5, 5.41) is 18.7. The van der Waals surface area contributed by atoms with Crippen molar-refractivity contribution >= 4 is 22.8 Å². The van der Waals surface area contributed by atoms with Gasteiger partial charge in [-0.1, -0.05) is 18.7 Å². The lowest BCUT2D eigenvalue weighted by atomic mass is 9.96. The molecule has 1 aliphatic carbocycles. The molecule has 2 unspecified atom stereocenters. The van der Waals surface area contributed by atoms with Gasteiger partial charge in [0.1, 0.15) is 11.9 Å². The Morgan fingerprint density at radius 2 is 1.94 bits per heavy atom. The van der Waals surface area contributed by atoms with E-state index >= 15 is 0 Å². The van der Waals surface area contributed by atoms with Gasteiger partial charge in [0.15, 0.2) is 5.82 Å². The van der Waals surface area contributed by atoms with E-state index in [0.717, 1.165) is 50.3 Å². The maximum Gasteiger partial charge on any atom is 0.215 e. The van der Waals surface area contributed by atoms with Crippen LogP contribution >= 0.6 is 0 Å². The Hall–Kier alpha value is -3.55. The third kappa shape index (κ3) is 4.20. The molecule has 2 aromatic rings. The molecule has 178 valence electrons. The number of aliphatic hydroxyl groups excluding tert-OH is 1. The summed E-state index contributed by atoms with van der Waals surface area (Å²) >= 11 is 0. The number of nitrogens with two attached hydrogens (primary N) is 1. The summed E-state index contributed by atoms with van der Waals surface area (Å²) in [5.41, 5.74) is 9.44. The lowest BCUT2D eigenvalue weighted by Crippen LogP contribution is -2.54. The number of aliphatic hydroxyl groups is 1. The van der Waals surface area contributed by atoms with Gasteiger partial charge >= 0.3 is 0 Å². The van der Waals surface area contributed by atoms with Gasteiger partial charge in [-0.3, -0.25) is 0 Å². The highest BCUT2D eigenvalue weighted by Crippen LogP contribution is 2.39. The Balaban J connectivity index is 1.38. The zero-order valence-electron chi connectivity index (χ0n) is 19.6. The van der Waals surface area contributed by atoms with E-state index < -0.39 is 0 Å². The van der Waals surface area contributed by atoms with E-state index in [2.05, 4.69) is 43.7 Å². The van der Waals surface area contributed by atoms with Crippen molar-refractivity contribution in [2.45, 2.75) is 57.2 Å². The lowest BCUT2D eigenvalue weighted by molar-refractivity contribution is 0.114. The summed E-state index contributed by atoms with van der Waals surface area (Å²) in [7, 11) is 0. The number of nitrogens with zero attached hydrogens (tertiary/aromatic N) is 5. The number of rotatable bonds is 7. The summed E-state index contributed by atoms with van der Waals surface area (Å²) < 4.78 is 6.05. The van der Waals surface area contributed by atoms with E-state index in [1.54, 1.807) is 6.08 Å². The molecular formula is C26H32N6O2. The van der Waals surface area contributed by atoms with E-state index in [1.807, 2.05) is 25.3 Å². The van der Waals surface area contributed by atoms with Crippen molar-refractivity contribution in [3.8, 4) is 5.88 Å². The van der Waals surface area contributed by atoms with Gasteiger partial charge in [0.05, 0.1) is 11.4 Å². The predicted molar refractivity (Wildman–Crippen MR) is 135 cm³/mol. The standard InChI is InChI=1S/C26H32N6O2/c1-3-6-21(24(33)4-2)22-14-23(26(27)30-29-22)31-15-18-9-10-19(16-31)32(18)17-11-12-28-25(13-17)34-20-7-5-8-20/h3-4,6,11-14,18-20,33H,2,5,7-10,15-16H2,1H3,(H2,27,30)/b6-3-,24-21-. The summed E-state index contributed by atoms with van der Waals surface area (Å²) in [4.78, 5) is 9.26. The predicted octanol–water partition coefficient (Wildman–Crippen LogP) is 4.27. The largest absolute Gasteiger partial charge is 0.507 e. The number of piperazine rings is 1. The molecule has 2 atom stereocenters. The summed E-state index contributed by atoms with van der Waals surface area (Å²) in [5.74, 6) is 1.18. The van der Waals surface area contributed by atoms with Gasteiger partial charge in [-0.05, 0) is 57.2 Å². The Morgan fingerprint density at radius 3 is 2.59 bits per heavy atom. The average molecular weight is 461 g/mol. The van der Waals surface area contributed by atoms with E-state index in [0.29, 0.717) is 35.3 Å². The molecule has 0 amide bonds. The maximum atomic E-state index is 10.3. The van der Waals surface area contributed by atoms with Crippen LogP contribution in [0.15, 0.2) is 55.0 Å². The first-order valence-electron chi connectivity index (χ1n) is 12.0. The number of aromatic nitrogens is 3. The molecule has 3 N–H and O–H groups in total. The van der Waals surface area contributed by atoms with Crippen molar-refractivity contribution in [2.24, 2.45) is 0 Å². The molecule has 4 heterocycles. The van der Waals surface area contributed by atoms with Crippen LogP contribution in [0, 0.1) is 0 Å². The van der Waals surface area contributed by atoms with E-state index in [4.69, 9.17) is 10.5 Å². The first-order chi connectivity index (χ1) is 16.6. The molecule has 2 saturated heterocycles. The minimum absolute atomic E-state index is 0.0608. The van der Waals surface area contributed by atoms with E-state index in [9.17, 15) is 5.11 Å². The molecule has 1 saturated carbocycles. The molecule has 8 heteroatoms. The summed E-state index contributed by atoms with van der Waals surface area (Å²) in [6.45, 7) is 7.23. The van der Waals surface area contributed by atoms with Crippen LogP contribution in [0.3, 0.4) is 0 Å². The lowest BCUT2D eigenvalue weighted by Gasteiger charge is -2.43. The maximum absolute atomic E-state index is 10.3. The van der Waals surface area contributed by atoms with Crippen LogP contribution in [0.2, 0.25) is 0 Å². The number of hydrogen-bond donors (Lipinski definition) is 2. The van der Waals surface area contributed by atoms with E-state index in [1.165, 1.54) is 18.2 Å². The molecule has 2 aliphatic heterocycles. The van der Waals surface area contributed by atoms with Crippen LogP contribution < -0.4 is 20.3 Å². The van der Waals surface area contributed by atoms with Gasteiger partial charge in [0.2, 0.25) is 5.88 Å². The van der Waals surface area contributed by atoms with Crippen LogP contribution in [0.5, 0.6) is 5.88 Å². The second-order valence-electron chi connectivity index (χ2n) is 9.22. The molecule has 3 aliphatic rings. The van der Waals surface area contributed by atoms with Crippen molar-refractivity contribution in [3.05, 3.63) is 60.7 Å². The molecular weight excluding hydrogens is 428 g/mol. The summed E-state index contributed by atoms with van der Waals surface area (Å²) in [6, 6.07) is 6.82.